The van der Waals surface area contributed by atoms with Crippen molar-refractivity contribution in [3.8, 4) is 0 Å². The van der Waals surface area contributed by atoms with Crippen molar-refractivity contribution >= 4 is 0 Å². The first-order chi connectivity index (χ1) is 7.07. The number of hydrogen-bond donors (Lipinski definition) is 1. The molecule has 1 rings (SSSR count). The van der Waals surface area contributed by atoms with Crippen LogP contribution in [-0.4, -0.2) is 18.1 Å². The Hall–Kier alpha value is -0.890. The number of hydrogen-bond acceptors (Lipinski definition) is 2. The summed E-state index contributed by atoms with van der Waals surface area (Å²) in [5.41, 5.74) is 2.71. The van der Waals surface area contributed by atoms with Crippen molar-refractivity contribution in [1.82, 2.24) is 10.3 Å². The molecule has 84 valence electrons. The van der Waals surface area contributed by atoms with Crippen LogP contribution in [0.5, 0.6) is 0 Å². The Labute approximate surface area is 93.1 Å². The molecule has 2 heteroatoms. The molecular weight excluding hydrogens is 184 g/mol. The van der Waals surface area contributed by atoms with Crippen LogP contribution in [0.25, 0.3) is 0 Å². The van der Waals surface area contributed by atoms with E-state index in [0.717, 1.165) is 0 Å². The standard InChI is InChI=1S/C13H22N2/c1-9(2)13(11(4)14-5)12-6-7-15-8-10(12)3/h6-9,11,13-14H,1-5H3. The first-order valence-corrected chi connectivity index (χ1v) is 5.65. The predicted octanol–water partition coefficient (Wildman–Crippen LogP) is 2.74. The molecule has 1 aromatic heterocycles. The van der Waals surface area contributed by atoms with Gasteiger partial charge in [0.1, 0.15) is 0 Å². The molecule has 0 aromatic carbocycles. The Morgan fingerprint density at radius 2 is 1.93 bits per heavy atom. The van der Waals surface area contributed by atoms with Gasteiger partial charge in [0.15, 0.2) is 0 Å². The van der Waals surface area contributed by atoms with Crippen LogP contribution in [0.15, 0.2) is 18.5 Å². The number of aromatic nitrogens is 1. The molecule has 0 amide bonds. The third-order valence-corrected chi connectivity index (χ3v) is 3.14. The summed E-state index contributed by atoms with van der Waals surface area (Å²) < 4.78 is 0. The van der Waals surface area contributed by atoms with Gasteiger partial charge in [-0.05, 0) is 44.0 Å². The highest BCUT2D eigenvalue weighted by molar-refractivity contribution is 5.27. The molecule has 0 aliphatic carbocycles. The summed E-state index contributed by atoms with van der Waals surface area (Å²) in [4.78, 5) is 4.15. The van der Waals surface area contributed by atoms with Gasteiger partial charge in [0.25, 0.3) is 0 Å². The van der Waals surface area contributed by atoms with E-state index in [1.165, 1.54) is 11.1 Å². The van der Waals surface area contributed by atoms with Gasteiger partial charge in [-0.25, -0.2) is 0 Å². The monoisotopic (exact) mass is 206 g/mol. The van der Waals surface area contributed by atoms with Crippen LogP contribution in [-0.2, 0) is 0 Å². The average Bonchev–Trinajstić information content (AvgIpc) is 2.20. The number of nitrogens with zero attached hydrogens (tertiary/aromatic N) is 1. The minimum Gasteiger partial charge on any atom is -0.317 e. The lowest BCUT2D eigenvalue weighted by molar-refractivity contribution is 0.394. The second kappa shape index (κ2) is 5.26. The summed E-state index contributed by atoms with van der Waals surface area (Å²) in [6, 6.07) is 2.64. The van der Waals surface area contributed by atoms with Gasteiger partial charge < -0.3 is 5.32 Å². The zero-order valence-corrected chi connectivity index (χ0v) is 10.4. The molecule has 15 heavy (non-hydrogen) atoms. The van der Waals surface area contributed by atoms with Crippen LogP contribution in [0.3, 0.4) is 0 Å². The number of aryl methyl sites for hydroxylation is 1. The van der Waals surface area contributed by atoms with Crippen molar-refractivity contribution in [2.45, 2.75) is 39.7 Å². The van der Waals surface area contributed by atoms with Crippen LogP contribution in [0.4, 0.5) is 0 Å². The predicted molar refractivity (Wildman–Crippen MR) is 65.1 cm³/mol. The SMILES string of the molecule is CNC(C)C(c1ccncc1C)C(C)C. The Bertz CT molecular complexity index is 307. The largest absolute Gasteiger partial charge is 0.317 e. The average molecular weight is 206 g/mol. The Morgan fingerprint density at radius 3 is 2.40 bits per heavy atom. The van der Waals surface area contributed by atoms with Crippen molar-refractivity contribution in [2.75, 3.05) is 7.05 Å². The Kier molecular flexibility index (Phi) is 4.28. The van der Waals surface area contributed by atoms with E-state index in [2.05, 4.69) is 44.1 Å². The van der Waals surface area contributed by atoms with Gasteiger partial charge in [0.05, 0.1) is 0 Å². The molecule has 0 radical (unpaired) electrons. The Balaban J connectivity index is 3.04. The fourth-order valence-corrected chi connectivity index (χ4v) is 2.24. The van der Waals surface area contributed by atoms with E-state index in [9.17, 15) is 0 Å². The van der Waals surface area contributed by atoms with E-state index < -0.39 is 0 Å². The van der Waals surface area contributed by atoms with E-state index >= 15 is 0 Å². The normalized spacial score (nSPS) is 15.3. The molecule has 1 heterocycles. The molecule has 0 fully saturated rings. The molecule has 1 N–H and O–H groups in total. The van der Waals surface area contributed by atoms with Gasteiger partial charge in [0, 0.05) is 24.4 Å². The van der Waals surface area contributed by atoms with E-state index in [1.807, 2.05) is 19.4 Å². The van der Waals surface area contributed by atoms with E-state index in [1.54, 1.807) is 0 Å². The minimum absolute atomic E-state index is 0.492. The van der Waals surface area contributed by atoms with Crippen molar-refractivity contribution < 1.29 is 0 Å². The van der Waals surface area contributed by atoms with Crippen LogP contribution in [0.2, 0.25) is 0 Å². The summed E-state index contributed by atoms with van der Waals surface area (Å²) >= 11 is 0. The van der Waals surface area contributed by atoms with Crippen molar-refractivity contribution in [2.24, 2.45) is 5.92 Å². The molecular formula is C13H22N2. The van der Waals surface area contributed by atoms with Crippen LogP contribution < -0.4 is 5.32 Å². The highest BCUT2D eigenvalue weighted by Gasteiger charge is 2.22. The maximum absolute atomic E-state index is 4.15. The first-order valence-electron chi connectivity index (χ1n) is 5.65. The van der Waals surface area contributed by atoms with Gasteiger partial charge >= 0.3 is 0 Å². The maximum atomic E-state index is 4.15. The Morgan fingerprint density at radius 1 is 1.27 bits per heavy atom. The first kappa shape index (κ1) is 12.2. The lowest BCUT2D eigenvalue weighted by Gasteiger charge is -2.28. The minimum atomic E-state index is 0.492. The second-order valence-corrected chi connectivity index (χ2v) is 4.58. The zero-order chi connectivity index (χ0) is 11.4. The summed E-state index contributed by atoms with van der Waals surface area (Å²) in [5, 5.41) is 3.35. The van der Waals surface area contributed by atoms with Gasteiger partial charge in [-0.1, -0.05) is 13.8 Å². The third kappa shape index (κ3) is 2.78. The number of pyridine rings is 1. The fourth-order valence-electron chi connectivity index (χ4n) is 2.24. The van der Waals surface area contributed by atoms with Crippen LogP contribution >= 0.6 is 0 Å². The highest BCUT2D eigenvalue weighted by Crippen LogP contribution is 2.29. The lowest BCUT2D eigenvalue weighted by Crippen LogP contribution is -2.32. The highest BCUT2D eigenvalue weighted by atomic mass is 14.9. The van der Waals surface area contributed by atoms with Gasteiger partial charge in [-0.3, -0.25) is 4.98 Å². The third-order valence-electron chi connectivity index (χ3n) is 3.14. The molecule has 0 aliphatic heterocycles. The molecule has 2 unspecified atom stereocenters. The fraction of sp³-hybridized carbons (Fsp3) is 0.615. The van der Waals surface area contributed by atoms with Crippen molar-refractivity contribution in [3.63, 3.8) is 0 Å². The zero-order valence-electron chi connectivity index (χ0n) is 10.4. The summed E-state index contributed by atoms with van der Waals surface area (Å²) in [6.45, 7) is 8.93. The topological polar surface area (TPSA) is 24.9 Å². The summed E-state index contributed by atoms with van der Waals surface area (Å²) in [7, 11) is 2.02. The second-order valence-electron chi connectivity index (χ2n) is 4.58. The smallest absolute Gasteiger partial charge is 0.0299 e. The molecule has 1 aromatic rings. The van der Waals surface area contributed by atoms with E-state index in [4.69, 9.17) is 0 Å². The lowest BCUT2D eigenvalue weighted by atomic mass is 9.82. The van der Waals surface area contributed by atoms with Gasteiger partial charge in [0.2, 0.25) is 0 Å². The molecule has 0 spiro atoms. The van der Waals surface area contributed by atoms with Gasteiger partial charge in [-0.2, -0.15) is 0 Å². The molecule has 2 nitrogen and oxygen atoms in total. The number of likely N-dealkylation sites (N-methyl/N-ethyl adjacent to an activating group) is 1. The quantitative estimate of drug-likeness (QED) is 0.819. The van der Waals surface area contributed by atoms with Gasteiger partial charge in [-0.15, -0.1) is 0 Å². The number of nitrogens with one attached hydrogen (secondary N) is 1. The molecule has 2 atom stereocenters. The van der Waals surface area contributed by atoms with Crippen molar-refractivity contribution in [3.05, 3.63) is 29.6 Å². The van der Waals surface area contributed by atoms with Crippen LogP contribution in [0, 0.1) is 12.8 Å². The van der Waals surface area contributed by atoms with Crippen molar-refractivity contribution in [1.29, 1.82) is 0 Å². The molecule has 0 saturated carbocycles. The van der Waals surface area contributed by atoms with E-state index in [0.29, 0.717) is 17.9 Å². The molecule has 0 saturated heterocycles. The molecule has 0 aliphatic rings. The molecule has 0 bridgehead atoms. The number of rotatable bonds is 4. The summed E-state index contributed by atoms with van der Waals surface area (Å²) in [5.74, 6) is 1.19. The maximum Gasteiger partial charge on any atom is 0.0299 e. The summed E-state index contributed by atoms with van der Waals surface area (Å²) in [6.07, 6.45) is 3.84. The van der Waals surface area contributed by atoms with E-state index in [-0.39, 0.29) is 0 Å². The van der Waals surface area contributed by atoms with Crippen LogP contribution in [0.1, 0.15) is 37.8 Å².